The molecule has 1 fully saturated rings. The molecule has 62 valence electrons. The minimum atomic E-state index is 0.179. The highest BCUT2D eigenvalue weighted by molar-refractivity contribution is 7.16. The zero-order valence-electron chi connectivity index (χ0n) is 6.40. The molecule has 0 unspecified atom stereocenters. The predicted molar refractivity (Wildman–Crippen MR) is 47.5 cm³/mol. The molecule has 12 heavy (non-hydrogen) atoms. The van der Waals surface area contributed by atoms with Gasteiger partial charge in [0.15, 0.2) is 0 Å². The van der Waals surface area contributed by atoms with Crippen molar-refractivity contribution in [2.75, 3.05) is 0 Å². The molecule has 0 radical (unpaired) electrons. The van der Waals surface area contributed by atoms with Gasteiger partial charge in [0.25, 0.3) is 0 Å². The van der Waals surface area contributed by atoms with Crippen molar-refractivity contribution in [3.05, 3.63) is 11.4 Å². The summed E-state index contributed by atoms with van der Waals surface area (Å²) in [5.41, 5.74) is 0. The van der Waals surface area contributed by atoms with Crippen LogP contribution in [0.2, 0.25) is 0 Å². The van der Waals surface area contributed by atoms with Crippen molar-refractivity contribution < 1.29 is 5.11 Å². The van der Waals surface area contributed by atoms with Crippen LogP contribution in [0.4, 0.5) is 0 Å². The minimum absolute atomic E-state index is 0.179. The first-order chi connectivity index (χ1) is 5.86. The van der Waals surface area contributed by atoms with Gasteiger partial charge in [-0.3, -0.25) is 0 Å². The summed E-state index contributed by atoms with van der Waals surface area (Å²) in [5.74, 6) is 0.179. The molecule has 0 saturated heterocycles. The maximum Gasteiger partial charge on any atom is 0.239 e. The molecule has 0 amide bonds. The van der Waals surface area contributed by atoms with Gasteiger partial charge in [0.1, 0.15) is 4.83 Å². The van der Waals surface area contributed by atoms with Gasteiger partial charge in [-0.15, -0.1) is 16.4 Å². The Balaban J connectivity index is 2.33. The monoisotopic (exact) mass is 180 g/mol. The van der Waals surface area contributed by atoms with Gasteiger partial charge in [-0.25, -0.2) is 4.68 Å². The fourth-order valence-electron chi connectivity index (χ4n) is 1.42. The van der Waals surface area contributed by atoms with E-state index in [0.717, 1.165) is 10.2 Å². The normalized spacial score (nSPS) is 17.3. The molecule has 1 aliphatic rings. The van der Waals surface area contributed by atoms with E-state index >= 15 is 0 Å². The topological polar surface area (TPSA) is 38.1 Å². The first kappa shape index (κ1) is 6.48. The average Bonchev–Trinajstić information content (AvgIpc) is 2.68. The molecule has 0 bridgehead atoms. The van der Waals surface area contributed by atoms with E-state index in [9.17, 15) is 5.11 Å². The molecule has 2 heterocycles. The lowest BCUT2D eigenvalue weighted by Crippen LogP contribution is -1.93. The van der Waals surface area contributed by atoms with E-state index in [1.165, 1.54) is 12.8 Å². The Morgan fingerprint density at radius 1 is 1.58 bits per heavy atom. The predicted octanol–water partition coefficient (Wildman–Crippen LogP) is 2.14. The first-order valence-electron chi connectivity index (χ1n) is 4.01. The number of aromatic nitrogens is 2. The third-order valence-electron chi connectivity index (χ3n) is 2.19. The van der Waals surface area contributed by atoms with Gasteiger partial charge < -0.3 is 5.11 Å². The minimum Gasteiger partial charge on any atom is -0.492 e. The molecular formula is C8H8N2OS. The van der Waals surface area contributed by atoms with Gasteiger partial charge in [-0.1, -0.05) is 0 Å². The largest absolute Gasteiger partial charge is 0.492 e. The van der Waals surface area contributed by atoms with Gasteiger partial charge in [0.2, 0.25) is 5.88 Å². The van der Waals surface area contributed by atoms with Crippen molar-refractivity contribution in [1.29, 1.82) is 0 Å². The molecule has 3 nitrogen and oxygen atoms in total. The van der Waals surface area contributed by atoms with Crippen LogP contribution in [0.15, 0.2) is 11.4 Å². The third-order valence-corrected chi connectivity index (χ3v) is 3.09. The van der Waals surface area contributed by atoms with Crippen LogP contribution >= 0.6 is 11.3 Å². The summed E-state index contributed by atoms with van der Waals surface area (Å²) in [7, 11) is 0. The molecule has 1 aliphatic carbocycles. The van der Waals surface area contributed by atoms with E-state index < -0.39 is 0 Å². The number of hydrogen-bond acceptors (Lipinski definition) is 3. The SMILES string of the molecule is Oc1nn(C2CC2)c2sccc12. The standard InChI is InChI=1S/C8H8N2OS/c11-7-6-3-4-12-8(6)10(9-7)5-1-2-5/h3-5H,1-2H2,(H,9,11). The second-order valence-electron chi connectivity index (χ2n) is 3.14. The van der Waals surface area contributed by atoms with Crippen molar-refractivity contribution >= 4 is 21.6 Å². The van der Waals surface area contributed by atoms with Gasteiger partial charge >= 0.3 is 0 Å². The molecule has 2 aromatic heterocycles. The number of nitrogens with zero attached hydrogens (tertiary/aromatic N) is 2. The molecule has 0 aliphatic heterocycles. The molecule has 3 rings (SSSR count). The van der Waals surface area contributed by atoms with Crippen LogP contribution in [0.5, 0.6) is 5.88 Å². The first-order valence-corrected chi connectivity index (χ1v) is 4.89. The zero-order chi connectivity index (χ0) is 8.13. The summed E-state index contributed by atoms with van der Waals surface area (Å²) in [6.45, 7) is 0. The van der Waals surface area contributed by atoms with Crippen LogP contribution in [0, 0.1) is 0 Å². The van der Waals surface area contributed by atoms with Gasteiger partial charge in [-0.2, -0.15) is 0 Å². The Labute approximate surface area is 73.2 Å². The average molecular weight is 180 g/mol. The highest BCUT2D eigenvalue weighted by atomic mass is 32.1. The maximum atomic E-state index is 9.43. The van der Waals surface area contributed by atoms with Crippen molar-refractivity contribution in [3.8, 4) is 5.88 Å². The lowest BCUT2D eigenvalue weighted by Gasteiger charge is -1.94. The molecule has 2 aromatic rings. The zero-order valence-corrected chi connectivity index (χ0v) is 7.21. The van der Waals surface area contributed by atoms with Crippen molar-refractivity contribution in [2.45, 2.75) is 18.9 Å². The molecule has 0 spiro atoms. The molecule has 1 N–H and O–H groups in total. The molecule has 0 atom stereocenters. The molecule has 0 aromatic carbocycles. The number of thiophene rings is 1. The van der Waals surface area contributed by atoms with Crippen LogP contribution in [-0.4, -0.2) is 14.9 Å². The van der Waals surface area contributed by atoms with E-state index in [4.69, 9.17) is 0 Å². The van der Waals surface area contributed by atoms with Gasteiger partial charge in [0.05, 0.1) is 11.4 Å². The van der Waals surface area contributed by atoms with E-state index in [1.807, 2.05) is 16.1 Å². The summed E-state index contributed by atoms with van der Waals surface area (Å²) in [5, 5.41) is 16.4. The van der Waals surface area contributed by atoms with Crippen LogP contribution < -0.4 is 0 Å². The Hall–Kier alpha value is -1.03. The van der Waals surface area contributed by atoms with Crippen LogP contribution in [0.25, 0.3) is 10.2 Å². The number of hydrogen-bond donors (Lipinski definition) is 1. The molecule has 1 saturated carbocycles. The van der Waals surface area contributed by atoms with Crippen LogP contribution in [-0.2, 0) is 0 Å². The van der Waals surface area contributed by atoms with E-state index in [2.05, 4.69) is 5.10 Å². The number of fused-ring (bicyclic) bond motifs is 1. The summed E-state index contributed by atoms with van der Waals surface area (Å²) >= 11 is 1.64. The van der Waals surface area contributed by atoms with E-state index in [-0.39, 0.29) is 5.88 Å². The van der Waals surface area contributed by atoms with Crippen molar-refractivity contribution in [3.63, 3.8) is 0 Å². The fraction of sp³-hybridized carbons (Fsp3) is 0.375. The van der Waals surface area contributed by atoms with E-state index in [1.54, 1.807) is 11.3 Å². The van der Waals surface area contributed by atoms with Crippen molar-refractivity contribution in [1.82, 2.24) is 9.78 Å². The van der Waals surface area contributed by atoms with Crippen LogP contribution in [0.3, 0.4) is 0 Å². The van der Waals surface area contributed by atoms with Crippen molar-refractivity contribution in [2.24, 2.45) is 0 Å². The van der Waals surface area contributed by atoms with Gasteiger partial charge in [-0.05, 0) is 24.3 Å². The Bertz CT molecular complexity index is 427. The summed E-state index contributed by atoms with van der Waals surface area (Å²) in [4.78, 5) is 1.11. The summed E-state index contributed by atoms with van der Waals surface area (Å²) < 4.78 is 1.95. The lowest BCUT2D eigenvalue weighted by molar-refractivity contribution is 0.443. The van der Waals surface area contributed by atoms with Gasteiger partial charge in [0, 0.05) is 0 Å². The highest BCUT2D eigenvalue weighted by Gasteiger charge is 2.27. The smallest absolute Gasteiger partial charge is 0.239 e. The van der Waals surface area contributed by atoms with Crippen LogP contribution in [0.1, 0.15) is 18.9 Å². The second-order valence-corrected chi connectivity index (χ2v) is 4.03. The third kappa shape index (κ3) is 0.728. The highest BCUT2D eigenvalue weighted by Crippen LogP contribution is 2.40. The Kier molecular flexibility index (Phi) is 1.09. The molecular weight excluding hydrogens is 172 g/mol. The Morgan fingerprint density at radius 3 is 3.17 bits per heavy atom. The summed E-state index contributed by atoms with van der Waals surface area (Å²) in [6.07, 6.45) is 2.41. The molecule has 4 heteroatoms. The van der Waals surface area contributed by atoms with E-state index in [0.29, 0.717) is 6.04 Å². The number of aromatic hydroxyl groups is 1. The number of rotatable bonds is 1. The summed E-state index contributed by atoms with van der Waals surface area (Å²) in [6, 6.07) is 2.47. The second kappa shape index (κ2) is 2.01. The quantitative estimate of drug-likeness (QED) is 0.730. The fourth-order valence-corrected chi connectivity index (χ4v) is 2.33. The Morgan fingerprint density at radius 2 is 2.42 bits per heavy atom. The maximum absolute atomic E-state index is 9.43. The lowest BCUT2D eigenvalue weighted by atomic mass is 10.4.